The molecule has 0 heterocycles. The maximum absolute atomic E-state index is 11.3. The summed E-state index contributed by atoms with van der Waals surface area (Å²) in [4.78, 5) is 11.3. The lowest BCUT2D eigenvalue weighted by Crippen LogP contribution is -2.41. The Balaban J connectivity index is 2.56. The molecule has 0 unspecified atom stereocenters. The molecular formula is C14H19N3O. The van der Waals surface area contributed by atoms with Crippen molar-refractivity contribution in [2.75, 3.05) is 0 Å². The van der Waals surface area contributed by atoms with E-state index in [4.69, 9.17) is 11.0 Å². The SMILES string of the molecule is CC(C)C[C@H](NCc1ccc(C#N)cc1)C(N)=O. The van der Waals surface area contributed by atoms with E-state index < -0.39 is 0 Å². The molecule has 96 valence electrons. The molecule has 0 saturated heterocycles. The van der Waals surface area contributed by atoms with Gasteiger partial charge in [0.1, 0.15) is 0 Å². The second-order valence-corrected chi connectivity index (χ2v) is 4.77. The van der Waals surface area contributed by atoms with Crippen molar-refractivity contribution >= 4 is 5.91 Å². The van der Waals surface area contributed by atoms with Crippen molar-refractivity contribution in [3.05, 3.63) is 35.4 Å². The molecule has 18 heavy (non-hydrogen) atoms. The molecule has 0 aliphatic heterocycles. The van der Waals surface area contributed by atoms with Gasteiger partial charge in [-0.2, -0.15) is 5.26 Å². The van der Waals surface area contributed by atoms with Crippen molar-refractivity contribution in [3.63, 3.8) is 0 Å². The quantitative estimate of drug-likeness (QED) is 0.798. The van der Waals surface area contributed by atoms with Crippen LogP contribution in [0.1, 0.15) is 31.4 Å². The van der Waals surface area contributed by atoms with E-state index in [1.54, 1.807) is 12.1 Å². The third-order valence-electron chi connectivity index (χ3n) is 2.69. The van der Waals surface area contributed by atoms with Gasteiger partial charge in [0.05, 0.1) is 17.7 Å². The summed E-state index contributed by atoms with van der Waals surface area (Å²) in [5.74, 6) is 0.0910. The Kier molecular flexibility index (Phi) is 5.34. The standard InChI is InChI=1S/C14H19N3O/c1-10(2)7-13(14(16)18)17-9-12-5-3-11(8-15)4-6-12/h3-6,10,13,17H,7,9H2,1-2H3,(H2,16,18)/t13-/m0/s1. The highest BCUT2D eigenvalue weighted by molar-refractivity contribution is 5.79. The van der Waals surface area contributed by atoms with E-state index in [1.165, 1.54) is 0 Å². The fourth-order valence-electron chi connectivity index (χ4n) is 1.71. The van der Waals surface area contributed by atoms with Crippen LogP contribution in [0.3, 0.4) is 0 Å². The first-order chi connectivity index (χ1) is 8.52. The van der Waals surface area contributed by atoms with E-state index in [1.807, 2.05) is 12.1 Å². The van der Waals surface area contributed by atoms with Gasteiger partial charge in [-0.05, 0) is 30.0 Å². The number of nitrogens with one attached hydrogen (secondary N) is 1. The van der Waals surface area contributed by atoms with Gasteiger partial charge >= 0.3 is 0 Å². The number of nitrogens with two attached hydrogens (primary N) is 1. The first-order valence-electron chi connectivity index (χ1n) is 6.04. The van der Waals surface area contributed by atoms with E-state index in [2.05, 4.69) is 25.2 Å². The Morgan fingerprint density at radius 1 is 1.39 bits per heavy atom. The number of nitriles is 1. The predicted molar refractivity (Wildman–Crippen MR) is 70.4 cm³/mol. The Labute approximate surface area is 108 Å². The number of benzene rings is 1. The number of amides is 1. The van der Waals surface area contributed by atoms with Crippen LogP contribution in [-0.4, -0.2) is 11.9 Å². The number of hydrogen-bond acceptors (Lipinski definition) is 3. The minimum absolute atomic E-state index is 0.305. The molecule has 4 nitrogen and oxygen atoms in total. The number of nitrogens with zero attached hydrogens (tertiary/aromatic N) is 1. The smallest absolute Gasteiger partial charge is 0.234 e. The highest BCUT2D eigenvalue weighted by atomic mass is 16.1. The maximum Gasteiger partial charge on any atom is 0.234 e. The van der Waals surface area contributed by atoms with Crippen LogP contribution in [0.15, 0.2) is 24.3 Å². The molecule has 0 aliphatic carbocycles. The van der Waals surface area contributed by atoms with E-state index in [0.29, 0.717) is 18.0 Å². The largest absolute Gasteiger partial charge is 0.368 e. The monoisotopic (exact) mass is 245 g/mol. The number of hydrogen-bond donors (Lipinski definition) is 2. The van der Waals surface area contributed by atoms with Crippen molar-refractivity contribution in [2.24, 2.45) is 11.7 Å². The zero-order chi connectivity index (χ0) is 13.5. The fraction of sp³-hybridized carbons (Fsp3) is 0.429. The Morgan fingerprint density at radius 2 is 2.00 bits per heavy atom. The Morgan fingerprint density at radius 3 is 2.44 bits per heavy atom. The second kappa shape index (κ2) is 6.77. The average Bonchev–Trinajstić information content (AvgIpc) is 2.34. The van der Waals surface area contributed by atoms with E-state index >= 15 is 0 Å². The number of carbonyl (C=O) groups is 1. The van der Waals surface area contributed by atoms with Crippen LogP contribution < -0.4 is 11.1 Å². The van der Waals surface area contributed by atoms with E-state index in [0.717, 1.165) is 12.0 Å². The lowest BCUT2D eigenvalue weighted by molar-refractivity contribution is -0.120. The van der Waals surface area contributed by atoms with Crippen LogP contribution in [0.5, 0.6) is 0 Å². The molecule has 3 N–H and O–H groups in total. The van der Waals surface area contributed by atoms with Gasteiger partial charge in [-0.15, -0.1) is 0 Å². The summed E-state index contributed by atoms with van der Waals surface area (Å²) in [5, 5.41) is 11.8. The molecule has 4 heteroatoms. The summed E-state index contributed by atoms with van der Waals surface area (Å²) in [6, 6.07) is 9.04. The Hall–Kier alpha value is -1.86. The van der Waals surface area contributed by atoms with Crippen LogP contribution in [0.25, 0.3) is 0 Å². The molecule has 0 spiro atoms. The van der Waals surface area contributed by atoms with Gasteiger partial charge < -0.3 is 11.1 Å². The molecule has 0 radical (unpaired) electrons. The molecule has 1 amide bonds. The van der Waals surface area contributed by atoms with Crippen LogP contribution in [0, 0.1) is 17.2 Å². The lowest BCUT2D eigenvalue weighted by Gasteiger charge is -2.17. The first-order valence-corrected chi connectivity index (χ1v) is 6.04. The predicted octanol–water partition coefficient (Wildman–Crippen LogP) is 1.55. The topological polar surface area (TPSA) is 78.9 Å². The molecule has 0 bridgehead atoms. The third kappa shape index (κ3) is 4.56. The molecular weight excluding hydrogens is 226 g/mol. The minimum Gasteiger partial charge on any atom is -0.368 e. The fourth-order valence-corrected chi connectivity index (χ4v) is 1.71. The molecule has 0 fully saturated rings. The van der Waals surface area contributed by atoms with Crippen LogP contribution in [0.4, 0.5) is 0 Å². The van der Waals surface area contributed by atoms with Gasteiger partial charge in [0.25, 0.3) is 0 Å². The zero-order valence-corrected chi connectivity index (χ0v) is 10.8. The summed E-state index contributed by atoms with van der Waals surface area (Å²) >= 11 is 0. The maximum atomic E-state index is 11.3. The molecule has 0 aliphatic rings. The first kappa shape index (κ1) is 14.2. The summed E-state index contributed by atoms with van der Waals surface area (Å²) in [7, 11) is 0. The van der Waals surface area contributed by atoms with Crippen molar-refractivity contribution in [1.82, 2.24) is 5.32 Å². The second-order valence-electron chi connectivity index (χ2n) is 4.77. The summed E-state index contributed by atoms with van der Waals surface area (Å²) in [6.07, 6.45) is 0.728. The number of rotatable bonds is 6. The molecule has 1 aromatic rings. The molecule has 1 aromatic carbocycles. The third-order valence-corrected chi connectivity index (χ3v) is 2.69. The van der Waals surface area contributed by atoms with Gasteiger partial charge in [0.2, 0.25) is 5.91 Å². The van der Waals surface area contributed by atoms with Gasteiger partial charge in [-0.25, -0.2) is 0 Å². The zero-order valence-electron chi connectivity index (χ0n) is 10.8. The highest BCUT2D eigenvalue weighted by Crippen LogP contribution is 2.07. The molecule has 1 rings (SSSR count). The number of primary amides is 1. The van der Waals surface area contributed by atoms with Gasteiger partial charge in [-0.1, -0.05) is 26.0 Å². The Bertz CT molecular complexity index is 431. The summed E-state index contributed by atoms with van der Waals surface area (Å²) in [5.41, 5.74) is 7.01. The lowest BCUT2D eigenvalue weighted by atomic mass is 10.0. The van der Waals surface area contributed by atoms with Crippen LogP contribution in [-0.2, 0) is 11.3 Å². The average molecular weight is 245 g/mol. The van der Waals surface area contributed by atoms with Crippen LogP contribution in [0.2, 0.25) is 0 Å². The summed E-state index contributed by atoms with van der Waals surface area (Å²) in [6.45, 7) is 4.69. The van der Waals surface area contributed by atoms with Gasteiger partial charge in [0.15, 0.2) is 0 Å². The van der Waals surface area contributed by atoms with E-state index in [9.17, 15) is 4.79 Å². The molecule has 0 saturated carbocycles. The summed E-state index contributed by atoms with van der Waals surface area (Å²) < 4.78 is 0. The normalized spacial score (nSPS) is 12.1. The van der Waals surface area contributed by atoms with Gasteiger partial charge in [-0.3, -0.25) is 4.79 Å². The van der Waals surface area contributed by atoms with Crippen molar-refractivity contribution in [3.8, 4) is 6.07 Å². The van der Waals surface area contributed by atoms with Crippen molar-refractivity contribution < 1.29 is 4.79 Å². The van der Waals surface area contributed by atoms with Crippen molar-refractivity contribution in [1.29, 1.82) is 5.26 Å². The highest BCUT2D eigenvalue weighted by Gasteiger charge is 2.15. The van der Waals surface area contributed by atoms with Gasteiger partial charge in [0, 0.05) is 6.54 Å². The van der Waals surface area contributed by atoms with E-state index in [-0.39, 0.29) is 11.9 Å². The molecule has 0 aromatic heterocycles. The number of carbonyl (C=O) groups excluding carboxylic acids is 1. The van der Waals surface area contributed by atoms with Crippen LogP contribution >= 0.6 is 0 Å². The van der Waals surface area contributed by atoms with Crippen molar-refractivity contribution in [2.45, 2.75) is 32.9 Å². The molecule has 1 atom stereocenters. The minimum atomic E-state index is -0.322.